The molecule has 0 amide bonds. The van der Waals surface area contributed by atoms with E-state index in [1.807, 2.05) is 35.3 Å². The molecule has 1 heterocycles. The van der Waals surface area contributed by atoms with Gasteiger partial charge >= 0.3 is 0 Å². The highest BCUT2D eigenvalue weighted by Crippen LogP contribution is 2.26. The molecule has 0 bridgehead atoms. The highest BCUT2D eigenvalue weighted by atomic mass is 79.9. The van der Waals surface area contributed by atoms with Crippen molar-refractivity contribution in [3.05, 3.63) is 81.6 Å². The number of halogens is 3. The van der Waals surface area contributed by atoms with E-state index in [4.69, 9.17) is 16.3 Å². The van der Waals surface area contributed by atoms with Gasteiger partial charge in [0.25, 0.3) is 0 Å². The summed E-state index contributed by atoms with van der Waals surface area (Å²) in [6, 6.07) is 10.4. The number of benzene rings is 2. The molecule has 4 nitrogen and oxygen atoms in total. The van der Waals surface area contributed by atoms with Gasteiger partial charge in [-0.05, 0) is 43.3 Å². The lowest BCUT2D eigenvalue weighted by molar-refractivity contribution is 0.296. The molecule has 0 aliphatic heterocycles. The molecule has 3 rings (SSSR count). The first-order valence-electron chi connectivity index (χ1n) is 8.64. The first-order valence-corrected chi connectivity index (χ1v) is 9.81. The minimum atomic E-state index is -0.362. The lowest BCUT2D eigenvalue weighted by Crippen LogP contribution is -2.17. The van der Waals surface area contributed by atoms with Crippen LogP contribution in [0.15, 0.2) is 59.6 Å². The fourth-order valence-electron chi connectivity index (χ4n) is 2.68. The Labute approximate surface area is 171 Å². The Balaban J connectivity index is 1.56. The van der Waals surface area contributed by atoms with Gasteiger partial charge in [-0.15, -0.1) is 0 Å². The fraction of sp³-hybridized carbons (Fsp3) is 0.250. The molecule has 0 radical (unpaired) electrons. The first-order chi connectivity index (χ1) is 13.1. The van der Waals surface area contributed by atoms with Crippen molar-refractivity contribution in [2.45, 2.75) is 26.1 Å². The zero-order valence-electron chi connectivity index (χ0n) is 14.7. The zero-order valence-corrected chi connectivity index (χ0v) is 17.0. The molecule has 0 saturated heterocycles. The van der Waals surface area contributed by atoms with Gasteiger partial charge in [-0.3, -0.25) is 0 Å². The highest BCUT2D eigenvalue weighted by Gasteiger charge is 2.10. The third-order valence-electron chi connectivity index (χ3n) is 4.10. The van der Waals surface area contributed by atoms with Gasteiger partial charge in [-0.25, -0.2) is 9.37 Å². The van der Waals surface area contributed by atoms with E-state index in [1.54, 1.807) is 18.3 Å². The van der Waals surface area contributed by atoms with Gasteiger partial charge in [0.1, 0.15) is 18.2 Å². The Kier molecular flexibility index (Phi) is 7.26. The predicted molar refractivity (Wildman–Crippen MR) is 108 cm³/mol. The van der Waals surface area contributed by atoms with Crippen LogP contribution in [0.3, 0.4) is 0 Å². The number of imidazole rings is 1. The number of nitrogens with one attached hydrogen (secondary N) is 1. The van der Waals surface area contributed by atoms with Crippen LogP contribution >= 0.6 is 27.5 Å². The number of ether oxygens (including phenoxy) is 1. The third-order valence-corrected chi connectivity index (χ3v) is 4.95. The van der Waals surface area contributed by atoms with Crippen molar-refractivity contribution in [3.63, 3.8) is 0 Å². The van der Waals surface area contributed by atoms with E-state index in [0.717, 1.165) is 29.5 Å². The number of aromatic nitrogens is 2. The van der Waals surface area contributed by atoms with E-state index >= 15 is 0 Å². The Bertz CT molecular complexity index is 853. The summed E-state index contributed by atoms with van der Waals surface area (Å²) in [6.45, 7) is 2.52. The van der Waals surface area contributed by atoms with Crippen LogP contribution < -0.4 is 10.1 Å². The minimum absolute atomic E-state index is 0.0841. The van der Waals surface area contributed by atoms with Gasteiger partial charge in [-0.1, -0.05) is 33.6 Å². The summed E-state index contributed by atoms with van der Waals surface area (Å²) in [5.74, 6) is 0.346. The molecule has 0 saturated carbocycles. The van der Waals surface area contributed by atoms with E-state index in [1.165, 1.54) is 6.07 Å². The number of rotatable bonds is 9. The van der Waals surface area contributed by atoms with Crippen LogP contribution in [-0.2, 0) is 19.7 Å². The van der Waals surface area contributed by atoms with Crippen molar-refractivity contribution >= 4 is 27.5 Å². The van der Waals surface area contributed by atoms with Crippen molar-refractivity contribution in [1.29, 1.82) is 0 Å². The molecule has 0 aliphatic carbocycles. The van der Waals surface area contributed by atoms with Crippen LogP contribution in [0.2, 0.25) is 5.02 Å². The Hall–Kier alpha value is -1.89. The van der Waals surface area contributed by atoms with Crippen molar-refractivity contribution in [2.24, 2.45) is 0 Å². The van der Waals surface area contributed by atoms with Crippen LogP contribution in [-0.4, -0.2) is 16.1 Å². The van der Waals surface area contributed by atoms with Crippen molar-refractivity contribution in [1.82, 2.24) is 14.9 Å². The second-order valence-corrected chi connectivity index (χ2v) is 7.39. The topological polar surface area (TPSA) is 39.1 Å². The normalized spacial score (nSPS) is 10.9. The molecule has 0 unspecified atom stereocenters. The first kappa shape index (κ1) is 19.9. The quantitative estimate of drug-likeness (QED) is 0.454. The summed E-state index contributed by atoms with van der Waals surface area (Å²) in [7, 11) is 0. The average Bonchev–Trinajstić information content (AvgIpc) is 3.16. The smallest absolute Gasteiger partial charge is 0.131 e. The van der Waals surface area contributed by atoms with Crippen LogP contribution in [0.4, 0.5) is 4.39 Å². The zero-order chi connectivity index (χ0) is 19.1. The van der Waals surface area contributed by atoms with Crippen molar-refractivity contribution in [2.75, 3.05) is 6.54 Å². The Morgan fingerprint density at radius 1 is 1.26 bits per heavy atom. The maximum absolute atomic E-state index is 13.9. The maximum Gasteiger partial charge on any atom is 0.131 e. The second-order valence-electron chi connectivity index (χ2n) is 6.07. The summed E-state index contributed by atoms with van der Waals surface area (Å²) in [5, 5.41) is 3.78. The predicted octanol–water partition coefficient (Wildman–Crippen LogP) is 5.20. The van der Waals surface area contributed by atoms with E-state index < -0.39 is 0 Å². The third kappa shape index (κ3) is 5.79. The Morgan fingerprint density at radius 3 is 2.93 bits per heavy atom. The van der Waals surface area contributed by atoms with Gasteiger partial charge < -0.3 is 14.6 Å². The van der Waals surface area contributed by atoms with Crippen LogP contribution in [0.1, 0.15) is 17.5 Å². The van der Waals surface area contributed by atoms with Crippen LogP contribution in [0.25, 0.3) is 0 Å². The second kappa shape index (κ2) is 9.88. The number of hydrogen-bond donors (Lipinski definition) is 1. The lowest BCUT2D eigenvalue weighted by atomic mass is 10.2. The van der Waals surface area contributed by atoms with Gasteiger partial charge in [-0.2, -0.15) is 0 Å². The SMILES string of the molecule is Fc1cccc(Cl)c1COc1ccc(Br)cc1CNCCCn1ccnc1. The molecule has 7 heteroatoms. The summed E-state index contributed by atoms with van der Waals surface area (Å²) in [6.07, 6.45) is 6.54. The lowest BCUT2D eigenvalue weighted by Gasteiger charge is -2.14. The molecule has 3 aromatic rings. The maximum atomic E-state index is 13.9. The summed E-state index contributed by atoms with van der Waals surface area (Å²) in [4.78, 5) is 4.03. The van der Waals surface area contributed by atoms with Crippen LogP contribution in [0.5, 0.6) is 5.75 Å². The average molecular weight is 453 g/mol. The van der Waals surface area contributed by atoms with E-state index in [2.05, 4.69) is 26.2 Å². The number of hydrogen-bond acceptors (Lipinski definition) is 3. The molecule has 2 aromatic carbocycles. The number of nitrogens with zero attached hydrogens (tertiary/aromatic N) is 2. The molecule has 0 spiro atoms. The largest absolute Gasteiger partial charge is 0.488 e. The van der Waals surface area contributed by atoms with Crippen LogP contribution in [0, 0.1) is 5.82 Å². The summed E-state index contributed by atoms with van der Waals surface area (Å²) in [5.41, 5.74) is 1.36. The molecule has 0 fully saturated rings. The van der Waals surface area contributed by atoms with Gasteiger partial charge in [0, 0.05) is 41.1 Å². The fourth-order valence-corrected chi connectivity index (χ4v) is 3.30. The van der Waals surface area contributed by atoms with Gasteiger partial charge in [0.15, 0.2) is 0 Å². The number of aryl methyl sites for hydroxylation is 1. The van der Waals surface area contributed by atoms with Crippen molar-refractivity contribution < 1.29 is 9.13 Å². The molecule has 1 N–H and O–H groups in total. The molecule has 27 heavy (non-hydrogen) atoms. The summed E-state index contributed by atoms with van der Waals surface area (Å²) < 4.78 is 22.8. The van der Waals surface area contributed by atoms with E-state index in [9.17, 15) is 4.39 Å². The minimum Gasteiger partial charge on any atom is -0.488 e. The molecule has 0 atom stereocenters. The van der Waals surface area contributed by atoms with E-state index in [0.29, 0.717) is 22.9 Å². The molecular weight excluding hydrogens is 433 g/mol. The molecule has 1 aromatic heterocycles. The molecule has 142 valence electrons. The van der Waals surface area contributed by atoms with Gasteiger partial charge in [0.05, 0.1) is 11.3 Å². The van der Waals surface area contributed by atoms with Crippen molar-refractivity contribution in [3.8, 4) is 5.75 Å². The monoisotopic (exact) mass is 451 g/mol. The highest BCUT2D eigenvalue weighted by molar-refractivity contribution is 9.10. The standard InChI is InChI=1S/C20H20BrClFN3O/c21-16-5-6-20(27-13-17-18(22)3-1-4-19(17)23)15(11-16)12-24-7-2-9-26-10-8-25-14-26/h1,3-6,8,10-11,14,24H,2,7,9,12-13H2. The Morgan fingerprint density at radius 2 is 2.15 bits per heavy atom. The summed E-state index contributed by atoms with van der Waals surface area (Å²) >= 11 is 9.56. The van der Waals surface area contributed by atoms with E-state index in [-0.39, 0.29) is 12.4 Å². The van der Waals surface area contributed by atoms with Gasteiger partial charge in [0.2, 0.25) is 0 Å². The molecule has 0 aliphatic rings. The molecular formula is C20H20BrClFN3O.